The molecule has 1 aliphatic carbocycles. The number of nitrogens with one attached hydrogen (secondary N) is 1. The van der Waals surface area contributed by atoms with Gasteiger partial charge in [-0.05, 0) is 61.1 Å². The minimum absolute atomic E-state index is 0.0905. The van der Waals surface area contributed by atoms with Crippen LogP contribution in [-0.2, 0) is 25.9 Å². The summed E-state index contributed by atoms with van der Waals surface area (Å²) in [6.07, 6.45) is 7.23. The molecule has 1 N–H and O–H groups in total. The monoisotopic (exact) mass is 375 g/mol. The van der Waals surface area contributed by atoms with Gasteiger partial charge in [-0.25, -0.2) is 0 Å². The SMILES string of the molecule is CCn1cc(-c2cccc(C(=O)NCc3cc4c(cc3OC)CCC4)c2)cn1. The Balaban J connectivity index is 1.49. The average molecular weight is 375 g/mol. The number of hydrogen-bond donors (Lipinski definition) is 1. The fourth-order valence-corrected chi connectivity index (χ4v) is 3.78. The summed E-state index contributed by atoms with van der Waals surface area (Å²) >= 11 is 0. The molecule has 144 valence electrons. The van der Waals surface area contributed by atoms with Gasteiger partial charge in [0, 0.05) is 36.0 Å². The first-order chi connectivity index (χ1) is 13.7. The number of methoxy groups -OCH3 is 1. The third kappa shape index (κ3) is 3.65. The molecule has 5 heteroatoms. The Morgan fingerprint density at radius 1 is 1.18 bits per heavy atom. The van der Waals surface area contributed by atoms with Crippen LogP contribution in [0.15, 0.2) is 48.8 Å². The van der Waals surface area contributed by atoms with Crippen LogP contribution in [0.1, 0.15) is 40.4 Å². The van der Waals surface area contributed by atoms with E-state index in [1.165, 1.54) is 17.5 Å². The van der Waals surface area contributed by atoms with Crippen molar-refractivity contribution in [1.29, 1.82) is 0 Å². The first kappa shape index (κ1) is 18.3. The molecule has 1 aromatic heterocycles. The molecule has 0 atom stereocenters. The number of nitrogens with zero attached hydrogens (tertiary/aromatic N) is 2. The van der Waals surface area contributed by atoms with Gasteiger partial charge in [0.2, 0.25) is 0 Å². The van der Waals surface area contributed by atoms with E-state index in [-0.39, 0.29) is 5.91 Å². The molecular formula is C23H25N3O2. The van der Waals surface area contributed by atoms with Crippen LogP contribution < -0.4 is 10.1 Å². The van der Waals surface area contributed by atoms with Crippen LogP contribution in [0.4, 0.5) is 0 Å². The van der Waals surface area contributed by atoms with Crippen LogP contribution in [0.25, 0.3) is 11.1 Å². The molecule has 28 heavy (non-hydrogen) atoms. The number of hydrogen-bond acceptors (Lipinski definition) is 3. The van der Waals surface area contributed by atoms with Crippen molar-refractivity contribution < 1.29 is 9.53 Å². The molecule has 1 heterocycles. The molecular weight excluding hydrogens is 350 g/mol. The first-order valence-corrected chi connectivity index (χ1v) is 9.77. The zero-order valence-electron chi connectivity index (χ0n) is 16.4. The van der Waals surface area contributed by atoms with Gasteiger partial charge in [0.25, 0.3) is 5.91 Å². The number of ether oxygens (including phenoxy) is 1. The second kappa shape index (κ2) is 7.89. The topological polar surface area (TPSA) is 56.2 Å². The van der Waals surface area contributed by atoms with Crippen LogP contribution >= 0.6 is 0 Å². The lowest BCUT2D eigenvalue weighted by atomic mass is 10.0. The third-order valence-corrected chi connectivity index (χ3v) is 5.35. The number of carbonyl (C=O) groups is 1. The van der Waals surface area contributed by atoms with Crippen LogP contribution in [0.3, 0.4) is 0 Å². The van der Waals surface area contributed by atoms with Crippen molar-refractivity contribution in [1.82, 2.24) is 15.1 Å². The smallest absolute Gasteiger partial charge is 0.251 e. The summed E-state index contributed by atoms with van der Waals surface area (Å²) in [7, 11) is 1.68. The molecule has 0 unspecified atom stereocenters. The molecule has 0 saturated carbocycles. The van der Waals surface area contributed by atoms with Crippen molar-refractivity contribution in [2.45, 2.75) is 39.3 Å². The average Bonchev–Trinajstić information content (AvgIpc) is 3.40. The van der Waals surface area contributed by atoms with Crippen molar-refractivity contribution in [2.24, 2.45) is 0 Å². The summed E-state index contributed by atoms with van der Waals surface area (Å²) in [5, 5.41) is 7.35. The van der Waals surface area contributed by atoms with E-state index in [4.69, 9.17) is 4.74 Å². The molecule has 1 aliphatic rings. The molecule has 0 bridgehead atoms. The Labute approximate surface area is 165 Å². The summed E-state index contributed by atoms with van der Waals surface area (Å²) in [4.78, 5) is 12.7. The van der Waals surface area contributed by atoms with E-state index in [0.29, 0.717) is 12.1 Å². The maximum atomic E-state index is 12.7. The van der Waals surface area contributed by atoms with E-state index in [2.05, 4.69) is 22.5 Å². The van der Waals surface area contributed by atoms with Gasteiger partial charge in [-0.3, -0.25) is 9.48 Å². The zero-order valence-corrected chi connectivity index (χ0v) is 16.4. The van der Waals surface area contributed by atoms with Crippen molar-refractivity contribution in [3.8, 4) is 16.9 Å². The van der Waals surface area contributed by atoms with Gasteiger partial charge in [-0.2, -0.15) is 5.10 Å². The molecule has 0 saturated heterocycles. The molecule has 5 nitrogen and oxygen atoms in total. The highest BCUT2D eigenvalue weighted by Gasteiger charge is 2.16. The van der Waals surface area contributed by atoms with Crippen LogP contribution in [0.5, 0.6) is 5.75 Å². The van der Waals surface area contributed by atoms with E-state index in [1.807, 2.05) is 48.3 Å². The van der Waals surface area contributed by atoms with Crippen LogP contribution in [-0.4, -0.2) is 22.8 Å². The van der Waals surface area contributed by atoms with E-state index < -0.39 is 0 Å². The molecule has 1 amide bonds. The maximum absolute atomic E-state index is 12.7. The third-order valence-electron chi connectivity index (χ3n) is 5.35. The lowest BCUT2D eigenvalue weighted by molar-refractivity contribution is 0.0950. The molecule has 0 aliphatic heterocycles. The zero-order chi connectivity index (χ0) is 19.5. The largest absolute Gasteiger partial charge is 0.496 e. The van der Waals surface area contributed by atoms with E-state index in [9.17, 15) is 4.79 Å². The Kier molecular flexibility index (Phi) is 5.15. The number of rotatable bonds is 6. The highest BCUT2D eigenvalue weighted by molar-refractivity contribution is 5.95. The van der Waals surface area contributed by atoms with Crippen LogP contribution in [0, 0.1) is 0 Å². The number of carbonyl (C=O) groups excluding carboxylic acids is 1. The Morgan fingerprint density at radius 2 is 2.00 bits per heavy atom. The second-order valence-corrected chi connectivity index (χ2v) is 7.13. The maximum Gasteiger partial charge on any atom is 0.251 e. The Hall–Kier alpha value is -3.08. The molecule has 0 radical (unpaired) electrons. The van der Waals surface area contributed by atoms with Crippen molar-refractivity contribution in [3.05, 3.63) is 71.0 Å². The minimum Gasteiger partial charge on any atom is -0.496 e. The van der Waals surface area contributed by atoms with Gasteiger partial charge in [0.05, 0.1) is 13.3 Å². The standard InChI is InChI=1S/C23H25N3O2/c1-3-26-15-21(14-25-26)17-7-5-9-19(10-17)23(27)24-13-20-11-16-6-4-8-18(16)12-22(20)28-2/h5,7,9-12,14-15H,3-4,6,8,13H2,1-2H3,(H,24,27). The molecule has 4 rings (SSSR count). The number of fused-ring (bicyclic) bond motifs is 1. The van der Waals surface area contributed by atoms with Crippen LogP contribution in [0.2, 0.25) is 0 Å². The van der Waals surface area contributed by atoms with Gasteiger partial charge < -0.3 is 10.1 Å². The van der Waals surface area contributed by atoms with Crippen molar-refractivity contribution in [2.75, 3.05) is 7.11 Å². The number of aryl methyl sites for hydroxylation is 3. The highest BCUT2D eigenvalue weighted by Crippen LogP contribution is 2.30. The number of aromatic nitrogens is 2. The Morgan fingerprint density at radius 3 is 2.75 bits per heavy atom. The van der Waals surface area contributed by atoms with E-state index >= 15 is 0 Å². The summed E-state index contributed by atoms with van der Waals surface area (Å²) < 4.78 is 7.42. The summed E-state index contributed by atoms with van der Waals surface area (Å²) in [5.41, 5.74) is 6.41. The lowest BCUT2D eigenvalue weighted by Gasteiger charge is -2.13. The predicted octanol–water partition coefficient (Wildman–Crippen LogP) is 4.00. The fourth-order valence-electron chi connectivity index (χ4n) is 3.78. The van der Waals surface area contributed by atoms with Gasteiger partial charge in [0.1, 0.15) is 5.75 Å². The summed E-state index contributed by atoms with van der Waals surface area (Å²) in [6.45, 7) is 3.32. The van der Waals surface area contributed by atoms with Crippen molar-refractivity contribution in [3.63, 3.8) is 0 Å². The summed E-state index contributed by atoms with van der Waals surface area (Å²) in [6, 6.07) is 11.9. The molecule has 2 aromatic carbocycles. The van der Waals surface area contributed by atoms with Crippen molar-refractivity contribution >= 4 is 5.91 Å². The highest BCUT2D eigenvalue weighted by atomic mass is 16.5. The number of benzene rings is 2. The molecule has 3 aromatic rings. The fraction of sp³-hybridized carbons (Fsp3) is 0.304. The van der Waals surface area contributed by atoms with E-state index in [1.54, 1.807) is 7.11 Å². The minimum atomic E-state index is -0.0905. The number of amides is 1. The van der Waals surface area contributed by atoms with Gasteiger partial charge in [-0.1, -0.05) is 18.2 Å². The first-order valence-electron chi connectivity index (χ1n) is 9.77. The quantitative estimate of drug-likeness (QED) is 0.709. The molecule has 0 fully saturated rings. The molecule has 0 spiro atoms. The second-order valence-electron chi connectivity index (χ2n) is 7.13. The lowest BCUT2D eigenvalue weighted by Crippen LogP contribution is -2.23. The van der Waals surface area contributed by atoms with E-state index in [0.717, 1.165) is 41.8 Å². The Bertz CT molecular complexity index is 1010. The van der Waals surface area contributed by atoms with Gasteiger partial charge >= 0.3 is 0 Å². The van der Waals surface area contributed by atoms with Gasteiger partial charge in [-0.15, -0.1) is 0 Å². The van der Waals surface area contributed by atoms with Gasteiger partial charge in [0.15, 0.2) is 0 Å². The normalized spacial score (nSPS) is 12.6. The summed E-state index contributed by atoms with van der Waals surface area (Å²) in [5.74, 6) is 0.758. The predicted molar refractivity (Wildman–Crippen MR) is 110 cm³/mol.